The molecule has 0 radical (unpaired) electrons. The van der Waals surface area contributed by atoms with E-state index < -0.39 is 11.9 Å². The summed E-state index contributed by atoms with van der Waals surface area (Å²) in [6.45, 7) is 4.24. The minimum atomic E-state index is -0.592. The largest absolute Gasteiger partial charge is 0.487 e. The first kappa shape index (κ1) is 22.7. The van der Waals surface area contributed by atoms with E-state index in [4.69, 9.17) is 9.47 Å². The Hall–Kier alpha value is -3.93. The van der Waals surface area contributed by atoms with E-state index in [0.29, 0.717) is 24.0 Å². The topological polar surface area (TPSA) is 77.5 Å². The Morgan fingerprint density at radius 2 is 1.75 bits per heavy atom. The number of carbonyl (C=O) groups is 2. The van der Waals surface area contributed by atoms with Gasteiger partial charge < -0.3 is 14.8 Å². The van der Waals surface area contributed by atoms with Gasteiger partial charge in [0.1, 0.15) is 12.4 Å². The van der Waals surface area contributed by atoms with Gasteiger partial charge in [0, 0.05) is 18.0 Å². The van der Waals surface area contributed by atoms with Crippen LogP contribution < -0.4 is 10.1 Å². The molecule has 0 saturated heterocycles. The van der Waals surface area contributed by atoms with Gasteiger partial charge in [-0.1, -0.05) is 44.2 Å². The predicted octanol–water partition coefficient (Wildman–Crippen LogP) is 4.98. The van der Waals surface area contributed by atoms with Crippen molar-refractivity contribution < 1.29 is 19.1 Å². The maximum absolute atomic E-state index is 12.0. The maximum Gasteiger partial charge on any atom is 0.331 e. The highest BCUT2D eigenvalue weighted by molar-refractivity contribution is 5.94. The molecule has 2 aromatic carbocycles. The van der Waals surface area contributed by atoms with Crippen molar-refractivity contribution in [1.29, 1.82) is 0 Å². The zero-order valence-electron chi connectivity index (χ0n) is 18.2. The Balaban J connectivity index is 1.41. The van der Waals surface area contributed by atoms with Gasteiger partial charge in [0.2, 0.25) is 0 Å². The average Bonchev–Trinajstić information content (AvgIpc) is 2.82. The zero-order chi connectivity index (χ0) is 22.8. The summed E-state index contributed by atoms with van der Waals surface area (Å²) in [4.78, 5) is 28.1. The van der Waals surface area contributed by atoms with Crippen molar-refractivity contribution in [3.8, 4) is 5.75 Å². The van der Waals surface area contributed by atoms with E-state index in [-0.39, 0.29) is 6.61 Å². The summed E-state index contributed by atoms with van der Waals surface area (Å²) < 4.78 is 10.7. The molecule has 0 saturated carbocycles. The summed E-state index contributed by atoms with van der Waals surface area (Å²) in [6, 6.07) is 20.5. The van der Waals surface area contributed by atoms with Crippen molar-refractivity contribution in [3.05, 3.63) is 95.8 Å². The third kappa shape index (κ3) is 7.40. The van der Waals surface area contributed by atoms with Crippen LogP contribution >= 0.6 is 0 Å². The molecule has 3 aromatic rings. The van der Waals surface area contributed by atoms with Gasteiger partial charge >= 0.3 is 5.97 Å². The standard InChI is InChI=1S/C26H26N2O4/c1-19(2)21-9-11-22(12-10-21)28-25(29)18-32-26(30)15-8-20-6-13-24(14-7-20)31-17-23-5-3-4-16-27-23/h3-16,19H,17-18H2,1-2H3,(H,28,29)/b15-8+. The van der Waals surface area contributed by atoms with Gasteiger partial charge in [-0.15, -0.1) is 0 Å². The Morgan fingerprint density at radius 3 is 2.41 bits per heavy atom. The molecule has 32 heavy (non-hydrogen) atoms. The number of pyridine rings is 1. The lowest BCUT2D eigenvalue weighted by Crippen LogP contribution is -2.20. The molecule has 3 rings (SSSR count). The highest BCUT2D eigenvalue weighted by Crippen LogP contribution is 2.17. The molecule has 164 valence electrons. The summed E-state index contributed by atoms with van der Waals surface area (Å²) in [5.74, 6) is 0.139. The minimum absolute atomic E-state index is 0.352. The molecule has 0 aliphatic rings. The van der Waals surface area contributed by atoms with Crippen molar-refractivity contribution in [2.45, 2.75) is 26.4 Å². The molecule has 0 atom stereocenters. The number of esters is 1. The van der Waals surface area contributed by atoms with Crippen molar-refractivity contribution in [2.75, 3.05) is 11.9 Å². The number of aromatic nitrogens is 1. The fourth-order valence-corrected chi connectivity index (χ4v) is 2.81. The number of hydrogen-bond acceptors (Lipinski definition) is 5. The van der Waals surface area contributed by atoms with E-state index in [1.54, 1.807) is 12.3 Å². The van der Waals surface area contributed by atoms with Crippen LogP contribution in [-0.4, -0.2) is 23.5 Å². The van der Waals surface area contributed by atoms with E-state index in [0.717, 1.165) is 11.3 Å². The first-order valence-electron chi connectivity index (χ1n) is 10.4. The molecule has 0 aliphatic heterocycles. The Morgan fingerprint density at radius 1 is 1.00 bits per heavy atom. The van der Waals surface area contributed by atoms with Crippen LogP contribution in [0.5, 0.6) is 5.75 Å². The lowest BCUT2D eigenvalue weighted by atomic mass is 10.0. The number of amides is 1. The predicted molar refractivity (Wildman–Crippen MR) is 124 cm³/mol. The van der Waals surface area contributed by atoms with Crippen LogP contribution in [0.4, 0.5) is 5.69 Å². The SMILES string of the molecule is CC(C)c1ccc(NC(=O)COC(=O)/C=C/c2ccc(OCc3ccccn3)cc2)cc1. The van der Waals surface area contributed by atoms with Gasteiger partial charge in [0.25, 0.3) is 5.91 Å². The van der Waals surface area contributed by atoms with Crippen molar-refractivity contribution in [2.24, 2.45) is 0 Å². The van der Waals surface area contributed by atoms with Gasteiger partial charge in [-0.2, -0.15) is 0 Å². The molecule has 0 unspecified atom stereocenters. The molecule has 0 bridgehead atoms. The van der Waals surface area contributed by atoms with Crippen molar-refractivity contribution in [1.82, 2.24) is 4.98 Å². The quantitative estimate of drug-likeness (QED) is 0.383. The van der Waals surface area contributed by atoms with E-state index in [1.807, 2.05) is 66.7 Å². The number of nitrogens with one attached hydrogen (secondary N) is 1. The van der Waals surface area contributed by atoms with Crippen LogP contribution in [0, 0.1) is 0 Å². The van der Waals surface area contributed by atoms with E-state index in [2.05, 4.69) is 24.1 Å². The Labute approximate surface area is 187 Å². The van der Waals surface area contributed by atoms with E-state index >= 15 is 0 Å². The molecular formula is C26H26N2O4. The molecule has 6 nitrogen and oxygen atoms in total. The maximum atomic E-state index is 12.0. The average molecular weight is 431 g/mol. The summed E-state index contributed by atoms with van der Waals surface area (Å²) in [5.41, 5.74) is 3.50. The number of benzene rings is 2. The lowest BCUT2D eigenvalue weighted by Gasteiger charge is -2.08. The van der Waals surface area contributed by atoms with E-state index in [1.165, 1.54) is 11.6 Å². The lowest BCUT2D eigenvalue weighted by molar-refractivity contribution is -0.142. The zero-order valence-corrected chi connectivity index (χ0v) is 18.2. The second-order valence-electron chi connectivity index (χ2n) is 7.44. The van der Waals surface area contributed by atoms with Crippen LogP contribution in [0.15, 0.2) is 79.0 Å². The number of hydrogen-bond donors (Lipinski definition) is 1. The van der Waals surface area contributed by atoms with E-state index in [9.17, 15) is 9.59 Å². The van der Waals surface area contributed by atoms with Gasteiger partial charge in [0.15, 0.2) is 6.61 Å². The van der Waals surface area contributed by atoms with Crippen LogP contribution in [0.1, 0.15) is 36.6 Å². The van der Waals surface area contributed by atoms with Crippen LogP contribution in [0.3, 0.4) is 0 Å². The highest BCUT2D eigenvalue weighted by atomic mass is 16.5. The summed E-state index contributed by atoms with van der Waals surface area (Å²) >= 11 is 0. The second-order valence-corrected chi connectivity index (χ2v) is 7.44. The molecule has 0 fully saturated rings. The normalized spacial score (nSPS) is 10.8. The van der Waals surface area contributed by atoms with Crippen LogP contribution in [-0.2, 0) is 20.9 Å². The fourth-order valence-electron chi connectivity index (χ4n) is 2.81. The summed E-state index contributed by atoms with van der Waals surface area (Å²) in [5, 5.41) is 2.71. The summed E-state index contributed by atoms with van der Waals surface area (Å²) in [6.07, 6.45) is 4.63. The minimum Gasteiger partial charge on any atom is -0.487 e. The van der Waals surface area contributed by atoms with Gasteiger partial charge in [-0.05, 0) is 59.5 Å². The number of carbonyl (C=O) groups excluding carboxylic acids is 2. The number of rotatable bonds is 9. The Kier molecular flexibility index (Phi) is 8.15. The Bertz CT molecular complexity index is 1040. The highest BCUT2D eigenvalue weighted by Gasteiger charge is 2.06. The monoisotopic (exact) mass is 430 g/mol. The van der Waals surface area contributed by atoms with Crippen molar-refractivity contribution >= 4 is 23.6 Å². The molecular weight excluding hydrogens is 404 g/mol. The van der Waals surface area contributed by atoms with Crippen LogP contribution in [0.2, 0.25) is 0 Å². The van der Waals surface area contributed by atoms with Gasteiger partial charge in [0.05, 0.1) is 5.69 Å². The second kappa shape index (κ2) is 11.5. The fraction of sp³-hybridized carbons (Fsp3) is 0.192. The molecule has 1 heterocycles. The smallest absolute Gasteiger partial charge is 0.331 e. The third-order valence-electron chi connectivity index (χ3n) is 4.61. The molecule has 0 spiro atoms. The molecule has 1 N–H and O–H groups in total. The molecule has 6 heteroatoms. The number of nitrogens with zero attached hydrogens (tertiary/aromatic N) is 1. The third-order valence-corrected chi connectivity index (χ3v) is 4.61. The summed E-state index contributed by atoms with van der Waals surface area (Å²) in [7, 11) is 0. The molecule has 0 aliphatic carbocycles. The number of ether oxygens (including phenoxy) is 2. The first-order chi connectivity index (χ1) is 15.5. The van der Waals surface area contributed by atoms with Gasteiger partial charge in [-0.3, -0.25) is 9.78 Å². The van der Waals surface area contributed by atoms with Crippen molar-refractivity contribution in [3.63, 3.8) is 0 Å². The number of anilines is 1. The first-order valence-corrected chi connectivity index (χ1v) is 10.4. The molecule has 1 amide bonds. The van der Waals surface area contributed by atoms with Crippen LogP contribution in [0.25, 0.3) is 6.08 Å². The molecule has 1 aromatic heterocycles. The van der Waals surface area contributed by atoms with Gasteiger partial charge in [-0.25, -0.2) is 4.79 Å².